The van der Waals surface area contributed by atoms with Crippen molar-refractivity contribution in [1.82, 2.24) is 9.55 Å². The van der Waals surface area contributed by atoms with Gasteiger partial charge in [0.1, 0.15) is 5.82 Å². The highest BCUT2D eigenvalue weighted by Gasteiger charge is 2.38. The summed E-state index contributed by atoms with van der Waals surface area (Å²) in [6.07, 6.45) is 1.83. The molecule has 0 amide bonds. The van der Waals surface area contributed by atoms with Gasteiger partial charge in [0.25, 0.3) is 5.56 Å². The summed E-state index contributed by atoms with van der Waals surface area (Å²) in [6, 6.07) is 8.91. The van der Waals surface area contributed by atoms with Crippen LogP contribution in [0.2, 0.25) is 0 Å². The number of nitrogens with zero attached hydrogens (tertiary/aromatic N) is 2. The van der Waals surface area contributed by atoms with Crippen molar-refractivity contribution in [3.63, 3.8) is 0 Å². The first-order valence-electron chi connectivity index (χ1n) is 9.32. The molecule has 144 valence electrons. The predicted molar refractivity (Wildman–Crippen MR) is 98.9 cm³/mol. The Kier molecular flexibility index (Phi) is 4.03. The molecular weight excluding hydrogens is 366 g/mol. The Morgan fingerprint density at radius 3 is 2.50 bits per heavy atom. The zero-order valence-electron chi connectivity index (χ0n) is 15.1. The first-order chi connectivity index (χ1) is 13.5. The van der Waals surface area contributed by atoms with Crippen molar-refractivity contribution >= 4 is 10.9 Å². The van der Waals surface area contributed by atoms with Crippen LogP contribution >= 0.6 is 0 Å². The highest BCUT2D eigenvalue weighted by molar-refractivity contribution is 5.83. The standard InChI is InChI=1S/C21H18F2N2O3/c22-16-4-2-13(11-17(16)23)14-1-3-15-18(12-14)24-19-5-6-21(27-9-10-28-21)7-8-25(19)20(15)26/h1-4,11-12H,5-10H2. The van der Waals surface area contributed by atoms with Crippen molar-refractivity contribution in [2.75, 3.05) is 13.2 Å². The average Bonchev–Trinajstić information content (AvgIpc) is 3.08. The van der Waals surface area contributed by atoms with Gasteiger partial charge in [-0.05, 0) is 35.4 Å². The van der Waals surface area contributed by atoms with Crippen molar-refractivity contribution in [2.45, 2.75) is 31.6 Å². The minimum Gasteiger partial charge on any atom is -0.347 e. The summed E-state index contributed by atoms with van der Waals surface area (Å²) in [6.45, 7) is 1.62. The van der Waals surface area contributed by atoms with Gasteiger partial charge < -0.3 is 9.47 Å². The van der Waals surface area contributed by atoms with Crippen LogP contribution in [0.3, 0.4) is 0 Å². The van der Waals surface area contributed by atoms with E-state index in [0.29, 0.717) is 66.9 Å². The molecule has 1 spiro atoms. The minimum absolute atomic E-state index is 0.105. The highest BCUT2D eigenvalue weighted by atomic mass is 19.2. The van der Waals surface area contributed by atoms with Crippen molar-refractivity contribution in [3.05, 3.63) is 64.2 Å². The molecule has 0 saturated carbocycles. The third-order valence-corrected chi connectivity index (χ3v) is 5.55. The SMILES string of the molecule is O=c1c2ccc(-c3ccc(F)c(F)c3)cc2nc2n1CCC1(CC2)OCCO1. The van der Waals surface area contributed by atoms with Crippen LogP contribution in [0, 0.1) is 11.6 Å². The molecule has 2 aliphatic rings. The van der Waals surface area contributed by atoms with Gasteiger partial charge in [-0.3, -0.25) is 9.36 Å². The highest BCUT2D eigenvalue weighted by Crippen LogP contribution is 2.32. The number of aryl methyl sites for hydroxylation is 1. The Balaban J connectivity index is 1.58. The molecule has 0 aliphatic carbocycles. The summed E-state index contributed by atoms with van der Waals surface area (Å²) < 4.78 is 40.1. The number of benzene rings is 2. The molecule has 0 radical (unpaired) electrons. The van der Waals surface area contributed by atoms with Gasteiger partial charge in [-0.15, -0.1) is 0 Å². The number of fused-ring (bicyclic) bond motifs is 2. The van der Waals surface area contributed by atoms with Crippen LogP contribution in [0.1, 0.15) is 18.7 Å². The van der Waals surface area contributed by atoms with Crippen LogP contribution in [-0.4, -0.2) is 28.6 Å². The van der Waals surface area contributed by atoms with Gasteiger partial charge in [0.05, 0.1) is 24.1 Å². The van der Waals surface area contributed by atoms with Crippen LogP contribution in [0.15, 0.2) is 41.2 Å². The largest absolute Gasteiger partial charge is 0.347 e. The Labute approximate surface area is 159 Å². The topological polar surface area (TPSA) is 53.4 Å². The molecule has 0 unspecified atom stereocenters. The van der Waals surface area contributed by atoms with E-state index < -0.39 is 17.4 Å². The second kappa shape index (κ2) is 6.46. The van der Waals surface area contributed by atoms with Gasteiger partial charge >= 0.3 is 0 Å². The Bertz CT molecular complexity index is 1140. The van der Waals surface area contributed by atoms with E-state index in [9.17, 15) is 13.6 Å². The molecule has 7 heteroatoms. The second-order valence-corrected chi connectivity index (χ2v) is 7.20. The van der Waals surface area contributed by atoms with Crippen LogP contribution < -0.4 is 5.56 Å². The molecule has 28 heavy (non-hydrogen) atoms. The van der Waals surface area contributed by atoms with E-state index in [2.05, 4.69) is 0 Å². The molecular formula is C21H18F2N2O3. The van der Waals surface area contributed by atoms with E-state index in [4.69, 9.17) is 14.5 Å². The lowest BCUT2D eigenvalue weighted by atomic mass is 10.0. The van der Waals surface area contributed by atoms with E-state index in [-0.39, 0.29) is 5.56 Å². The van der Waals surface area contributed by atoms with Crippen molar-refractivity contribution < 1.29 is 18.3 Å². The molecule has 1 fully saturated rings. The van der Waals surface area contributed by atoms with Gasteiger partial charge in [0.2, 0.25) is 0 Å². The molecule has 1 saturated heterocycles. The molecule has 0 N–H and O–H groups in total. The van der Waals surface area contributed by atoms with Crippen LogP contribution in [0.5, 0.6) is 0 Å². The average molecular weight is 384 g/mol. The summed E-state index contributed by atoms with van der Waals surface area (Å²) >= 11 is 0. The fourth-order valence-corrected chi connectivity index (χ4v) is 4.04. The second-order valence-electron chi connectivity index (χ2n) is 7.20. The third-order valence-electron chi connectivity index (χ3n) is 5.55. The number of ether oxygens (including phenoxy) is 2. The third kappa shape index (κ3) is 2.82. The maximum Gasteiger partial charge on any atom is 0.261 e. The summed E-state index contributed by atoms with van der Waals surface area (Å²) in [5.74, 6) is -1.73. The molecule has 0 atom stereocenters. The molecule has 0 bridgehead atoms. The van der Waals surface area contributed by atoms with Gasteiger partial charge in [0.15, 0.2) is 17.4 Å². The Morgan fingerprint density at radius 2 is 1.71 bits per heavy atom. The number of aromatic nitrogens is 2. The molecule has 2 aromatic carbocycles. The normalized spacial score (nSPS) is 18.4. The van der Waals surface area contributed by atoms with E-state index in [1.54, 1.807) is 22.8 Å². The van der Waals surface area contributed by atoms with E-state index in [1.165, 1.54) is 6.07 Å². The van der Waals surface area contributed by atoms with Gasteiger partial charge in [0, 0.05) is 25.8 Å². The summed E-state index contributed by atoms with van der Waals surface area (Å²) in [4.78, 5) is 17.7. The lowest BCUT2D eigenvalue weighted by Gasteiger charge is -2.24. The number of hydrogen-bond acceptors (Lipinski definition) is 4. The molecule has 3 heterocycles. The Hall–Kier alpha value is -2.64. The van der Waals surface area contributed by atoms with Gasteiger partial charge in [-0.1, -0.05) is 12.1 Å². The first kappa shape index (κ1) is 17.5. The number of hydrogen-bond donors (Lipinski definition) is 0. The maximum atomic E-state index is 13.6. The van der Waals surface area contributed by atoms with E-state index in [1.807, 2.05) is 0 Å². The number of halogens is 2. The van der Waals surface area contributed by atoms with Crippen LogP contribution in [-0.2, 0) is 22.4 Å². The summed E-state index contributed by atoms with van der Waals surface area (Å²) in [7, 11) is 0. The quantitative estimate of drug-likeness (QED) is 0.645. The zero-order valence-corrected chi connectivity index (χ0v) is 15.1. The molecule has 5 rings (SSSR count). The lowest BCUT2D eigenvalue weighted by Crippen LogP contribution is -2.31. The predicted octanol–water partition coefficient (Wildman–Crippen LogP) is 3.42. The fraction of sp³-hybridized carbons (Fsp3) is 0.333. The zero-order chi connectivity index (χ0) is 19.3. The Morgan fingerprint density at radius 1 is 0.964 bits per heavy atom. The van der Waals surface area contributed by atoms with Crippen LogP contribution in [0.4, 0.5) is 8.78 Å². The van der Waals surface area contributed by atoms with Crippen molar-refractivity contribution in [2.24, 2.45) is 0 Å². The van der Waals surface area contributed by atoms with Gasteiger partial charge in [-0.2, -0.15) is 0 Å². The number of rotatable bonds is 1. The molecule has 1 aromatic heterocycles. The fourth-order valence-electron chi connectivity index (χ4n) is 4.04. The van der Waals surface area contributed by atoms with E-state index in [0.717, 1.165) is 12.1 Å². The summed E-state index contributed by atoms with van der Waals surface area (Å²) in [5.41, 5.74) is 1.65. The van der Waals surface area contributed by atoms with Crippen molar-refractivity contribution in [1.29, 1.82) is 0 Å². The smallest absolute Gasteiger partial charge is 0.261 e. The lowest BCUT2D eigenvalue weighted by molar-refractivity contribution is -0.165. The van der Waals surface area contributed by atoms with Crippen LogP contribution in [0.25, 0.3) is 22.0 Å². The summed E-state index contributed by atoms with van der Waals surface area (Å²) in [5, 5.41) is 0.499. The maximum absolute atomic E-state index is 13.6. The molecule has 2 aliphatic heterocycles. The van der Waals surface area contributed by atoms with E-state index >= 15 is 0 Å². The molecule has 5 nitrogen and oxygen atoms in total. The van der Waals surface area contributed by atoms with Crippen molar-refractivity contribution in [3.8, 4) is 11.1 Å². The molecule has 3 aromatic rings. The monoisotopic (exact) mass is 384 g/mol. The van der Waals surface area contributed by atoms with Gasteiger partial charge in [-0.25, -0.2) is 13.8 Å². The minimum atomic E-state index is -0.908. The first-order valence-corrected chi connectivity index (χ1v) is 9.32.